The molecule has 0 radical (unpaired) electrons. The lowest BCUT2D eigenvalue weighted by atomic mass is 9.39. The molecule has 0 aromatic heterocycles. The molecular formula is C34H27B. The number of benzene rings is 6. The Bertz CT molecular complexity index is 1710. The SMILES string of the molecule is C=C/C(C)=C\C.c1ccc(B2c3ccccc3-c3c2cc2ccc4cccc5ccc3c2c45)cc1. The molecule has 35 heavy (non-hydrogen) atoms. The molecule has 0 aliphatic carbocycles. The molecule has 0 atom stereocenters. The zero-order valence-corrected chi connectivity index (χ0v) is 20.3. The molecule has 6 aromatic rings. The second-order valence-electron chi connectivity index (χ2n) is 9.36. The summed E-state index contributed by atoms with van der Waals surface area (Å²) in [4.78, 5) is 0. The molecule has 7 rings (SSSR count). The van der Waals surface area contributed by atoms with Crippen LogP contribution < -0.4 is 16.4 Å². The van der Waals surface area contributed by atoms with Crippen LogP contribution in [0, 0.1) is 0 Å². The second kappa shape index (κ2) is 8.60. The van der Waals surface area contributed by atoms with Crippen LogP contribution in [0.3, 0.4) is 0 Å². The molecule has 0 unspecified atom stereocenters. The van der Waals surface area contributed by atoms with E-state index in [0.29, 0.717) is 6.71 Å². The van der Waals surface area contributed by atoms with Crippen molar-refractivity contribution in [1.82, 2.24) is 0 Å². The molecule has 0 nitrogen and oxygen atoms in total. The molecule has 0 N–H and O–H groups in total. The van der Waals surface area contributed by atoms with E-state index >= 15 is 0 Å². The lowest BCUT2D eigenvalue weighted by molar-refractivity contribution is 1.49. The zero-order chi connectivity index (χ0) is 23.9. The van der Waals surface area contributed by atoms with E-state index in [4.69, 9.17) is 0 Å². The van der Waals surface area contributed by atoms with Crippen molar-refractivity contribution in [1.29, 1.82) is 0 Å². The van der Waals surface area contributed by atoms with Gasteiger partial charge < -0.3 is 0 Å². The van der Waals surface area contributed by atoms with Crippen LogP contribution in [0.2, 0.25) is 0 Å². The summed E-state index contributed by atoms with van der Waals surface area (Å²) in [6, 6.07) is 38.2. The van der Waals surface area contributed by atoms with Gasteiger partial charge >= 0.3 is 0 Å². The lowest BCUT2D eigenvalue weighted by Crippen LogP contribution is -2.48. The van der Waals surface area contributed by atoms with Gasteiger partial charge in [-0.2, -0.15) is 0 Å². The molecule has 0 bridgehead atoms. The minimum atomic E-state index is 0.296. The first kappa shape index (κ1) is 21.4. The summed E-state index contributed by atoms with van der Waals surface area (Å²) in [5.41, 5.74) is 8.25. The Labute approximate surface area is 207 Å². The highest BCUT2D eigenvalue weighted by Gasteiger charge is 2.34. The van der Waals surface area contributed by atoms with Gasteiger partial charge in [0.2, 0.25) is 6.71 Å². The van der Waals surface area contributed by atoms with Crippen LogP contribution in [0.5, 0.6) is 0 Å². The molecule has 166 valence electrons. The molecule has 0 fully saturated rings. The maximum absolute atomic E-state index is 3.56. The summed E-state index contributed by atoms with van der Waals surface area (Å²) < 4.78 is 0. The molecule has 0 spiro atoms. The predicted octanol–water partition coefficient (Wildman–Crippen LogP) is 7.22. The molecule has 6 aromatic carbocycles. The van der Waals surface area contributed by atoms with Crippen LogP contribution in [-0.4, -0.2) is 6.71 Å². The predicted molar refractivity (Wildman–Crippen MR) is 156 cm³/mol. The van der Waals surface area contributed by atoms with Gasteiger partial charge in [-0.15, -0.1) is 0 Å². The molecule has 0 amide bonds. The highest BCUT2D eigenvalue weighted by atomic mass is 14.2. The van der Waals surface area contributed by atoms with Gasteiger partial charge in [0.05, 0.1) is 0 Å². The Morgan fingerprint density at radius 3 is 2.09 bits per heavy atom. The van der Waals surface area contributed by atoms with E-state index in [-0.39, 0.29) is 0 Å². The fraction of sp³-hybridized carbons (Fsp3) is 0.0588. The maximum Gasteiger partial charge on any atom is 0.242 e. The molecular weight excluding hydrogens is 419 g/mol. The highest BCUT2D eigenvalue weighted by molar-refractivity contribution is 6.99. The van der Waals surface area contributed by atoms with Gasteiger partial charge in [-0.1, -0.05) is 144 Å². The summed E-state index contributed by atoms with van der Waals surface area (Å²) in [7, 11) is 0. The van der Waals surface area contributed by atoms with E-state index in [9.17, 15) is 0 Å². The van der Waals surface area contributed by atoms with Crippen LogP contribution >= 0.6 is 0 Å². The summed E-state index contributed by atoms with van der Waals surface area (Å²) >= 11 is 0. The minimum Gasteiger partial charge on any atom is -0.0988 e. The van der Waals surface area contributed by atoms with Crippen LogP contribution in [0.15, 0.2) is 127 Å². The fourth-order valence-electron chi connectivity index (χ4n) is 5.63. The van der Waals surface area contributed by atoms with Crippen molar-refractivity contribution in [2.75, 3.05) is 0 Å². The van der Waals surface area contributed by atoms with Crippen LogP contribution in [0.25, 0.3) is 43.4 Å². The highest BCUT2D eigenvalue weighted by Crippen LogP contribution is 2.39. The Morgan fingerprint density at radius 1 is 0.686 bits per heavy atom. The average Bonchev–Trinajstić information content (AvgIpc) is 3.26. The van der Waals surface area contributed by atoms with Crippen LogP contribution in [0.4, 0.5) is 0 Å². The van der Waals surface area contributed by atoms with Gasteiger partial charge in [0.1, 0.15) is 0 Å². The van der Waals surface area contributed by atoms with Gasteiger partial charge in [0.15, 0.2) is 0 Å². The van der Waals surface area contributed by atoms with E-state index in [1.807, 2.05) is 26.0 Å². The Hall–Kier alpha value is -4.10. The van der Waals surface area contributed by atoms with Crippen LogP contribution in [0.1, 0.15) is 13.8 Å². The monoisotopic (exact) mass is 446 g/mol. The Morgan fingerprint density at radius 2 is 1.37 bits per heavy atom. The summed E-state index contributed by atoms with van der Waals surface area (Å²) in [6.45, 7) is 7.88. The molecule has 0 saturated heterocycles. The molecule has 0 saturated carbocycles. The first-order valence-electron chi connectivity index (χ1n) is 12.3. The van der Waals surface area contributed by atoms with E-state index < -0.39 is 0 Å². The number of allylic oxidation sites excluding steroid dienone is 3. The van der Waals surface area contributed by atoms with Crippen LogP contribution in [-0.2, 0) is 0 Å². The number of fused-ring (bicyclic) bond motifs is 4. The van der Waals surface area contributed by atoms with Crippen molar-refractivity contribution in [3.63, 3.8) is 0 Å². The van der Waals surface area contributed by atoms with Crippen molar-refractivity contribution in [2.45, 2.75) is 13.8 Å². The minimum absolute atomic E-state index is 0.296. The maximum atomic E-state index is 3.56. The van der Waals surface area contributed by atoms with Gasteiger partial charge in [-0.05, 0) is 57.3 Å². The van der Waals surface area contributed by atoms with Gasteiger partial charge in [-0.25, -0.2) is 0 Å². The molecule has 1 aliphatic rings. The van der Waals surface area contributed by atoms with Gasteiger partial charge in [0, 0.05) is 0 Å². The smallest absolute Gasteiger partial charge is 0.0988 e. The first-order chi connectivity index (χ1) is 17.2. The number of hydrogen-bond acceptors (Lipinski definition) is 0. The van der Waals surface area contributed by atoms with Crippen molar-refractivity contribution >= 4 is 55.4 Å². The third-order valence-corrected chi connectivity index (χ3v) is 7.44. The van der Waals surface area contributed by atoms with Crippen molar-refractivity contribution in [3.05, 3.63) is 127 Å². The van der Waals surface area contributed by atoms with Gasteiger partial charge in [0.25, 0.3) is 0 Å². The lowest BCUT2D eigenvalue weighted by Gasteiger charge is -2.16. The summed E-state index contributed by atoms with van der Waals surface area (Å²) in [5.74, 6) is 0. The largest absolute Gasteiger partial charge is 0.242 e. The van der Waals surface area contributed by atoms with E-state index in [1.165, 1.54) is 65.4 Å². The normalized spacial score (nSPS) is 12.5. The Balaban J connectivity index is 0.000000343. The Kier molecular flexibility index (Phi) is 5.27. The van der Waals surface area contributed by atoms with Gasteiger partial charge in [-0.3, -0.25) is 0 Å². The van der Waals surface area contributed by atoms with E-state index in [2.05, 4.69) is 110 Å². The zero-order valence-electron chi connectivity index (χ0n) is 20.3. The van der Waals surface area contributed by atoms with E-state index in [1.54, 1.807) is 0 Å². The number of rotatable bonds is 2. The third-order valence-electron chi connectivity index (χ3n) is 7.44. The standard InChI is InChI=1S/C28H17B.C6H10/c1-2-9-21(10-3-1)29-24-12-5-4-11-22(24)28-23-16-15-19-8-6-7-18-13-14-20(17-25(28)29)27(23)26(18)19;1-4-6(3)5-2/h1-17H;4-5H,1H2,2-3H3/b;6-5-. The second-order valence-corrected chi connectivity index (χ2v) is 9.36. The van der Waals surface area contributed by atoms with Crippen molar-refractivity contribution in [2.24, 2.45) is 0 Å². The summed E-state index contributed by atoms with van der Waals surface area (Å²) in [6.07, 6.45) is 3.85. The molecule has 1 aliphatic heterocycles. The van der Waals surface area contributed by atoms with Crippen molar-refractivity contribution in [3.8, 4) is 11.1 Å². The first-order valence-corrected chi connectivity index (χ1v) is 12.3. The third kappa shape index (κ3) is 3.39. The molecule has 1 heteroatoms. The van der Waals surface area contributed by atoms with Crippen molar-refractivity contribution < 1.29 is 0 Å². The quantitative estimate of drug-likeness (QED) is 0.149. The topological polar surface area (TPSA) is 0 Å². The summed E-state index contributed by atoms with van der Waals surface area (Å²) in [5, 5.41) is 8.18. The fourth-order valence-corrected chi connectivity index (χ4v) is 5.63. The average molecular weight is 446 g/mol. The van der Waals surface area contributed by atoms with E-state index in [0.717, 1.165) is 0 Å². The molecule has 1 heterocycles. The number of hydrogen-bond donors (Lipinski definition) is 0.